The molecule has 174 valence electrons. The minimum atomic E-state index is -1.70. The Morgan fingerprint density at radius 2 is 1.53 bits per heavy atom. The number of hydrogen-bond acceptors (Lipinski definition) is 8. The molecular formula is C23H31N3O6. The SMILES string of the molecule is CCO.Cc1cc(-n2cc(-c3ccccc3)nn2)ccc1C(O)C(O)C(O)C(O)C(C)O. The van der Waals surface area contributed by atoms with Gasteiger partial charge < -0.3 is 30.6 Å². The lowest BCUT2D eigenvalue weighted by atomic mass is 9.93. The van der Waals surface area contributed by atoms with Gasteiger partial charge in [0, 0.05) is 12.2 Å². The molecule has 3 rings (SSSR count). The van der Waals surface area contributed by atoms with Crippen LogP contribution in [0.1, 0.15) is 31.1 Å². The topological polar surface area (TPSA) is 152 Å². The quantitative estimate of drug-likeness (QED) is 0.311. The lowest BCUT2D eigenvalue weighted by Gasteiger charge is -2.28. The van der Waals surface area contributed by atoms with Crippen LogP contribution in [0.4, 0.5) is 0 Å². The second-order valence-electron chi connectivity index (χ2n) is 7.43. The molecule has 0 saturated carbocycles. The number of aryl methyl sites for hydroxylation is 1. The minimum Gasteiger partial charge on any atom is -0.397 e. The molecule has 5 unspecified atom stereocenters. The zero-order valence-corrected chi connectivity index (χ0v) is 18.3. The lowest BCUT2D eigenvalue weighted by Crippen LogP contribution is -2.45. The third kappa shape index (κ3) is 6.19. The largest absolute Gasteiger partial charge is 0.397 e. The summed E-state index contributed by atoms with van der Waals surface area (Å²) in [6.45, 7) is 4.97. The van der Waals surface area contributed by atoms with Crippen LogP contribution in [0, 0.1) is 6.92 Å². The van der Waals surface area contributed by atoms with Crippen molar-refractivity contribution >= 4 is 0 Å². The van der Waals surface area contributed by atoms with Crippen molar-refractivity contribution in [2.24, 2.45) is 0 Å². The van der Waals surface area contributed by atoms with Crippen LogP contribution in [0.25, 0.3) is 16.9 Å². The zero-order valence-electron chi connectivity index (χ0n) is 18.3. The van der Waals surface area contributed by atoms with Gasteiger partial charge in [0.1, 0.15) is 30.1 Å². The third-order valence-corrected chi connectivity index (χ3v) is 4.92. The van der Waals surface area contributed by atoms with Crippen molar-refractivity contribution in [3.63, 3.8) is 0 Å². The van der Waals surface area contributed by atoms with Crippen LogP contribution in [0.3, 0.4) is 0 Å². The number of hydrogen-bond donors (Lipinski definition) is 6. The van der Waals surface area contributed by atoms with Gasteiger partial charge in [0.2, 0.25) is 0 Å². The average Bonchev–Trinajstić information content (AvgIpc) is 3.28. The van der Waals surface area contributed by atoms with Crippen LogP contribution < -0.4 is 0 Å². The van der Waals surface area contributed by atoms with Crippen molar-refractivity contribution in [2.45, 2.75) is 51.3 Å². The average molecular weight is 446 g/mol. The van der Waals surface area contributed by atoms with Crippen molar-refractivity contribution in [2.75, 3.05) is 6.61 Å². The van der Waals surface area contributed by atoms with E-state index >= 15 is 0 Å². The summed E-state index contributed by atoms with van der Waals surface area (Å²) >= 11 is 0. The summed E-state index contributed by atoms with van der Waals surface area (Å²) in [5.41, 5.74) is 3.42. The second-order valence-corrected chi connectivity index (χ2v) is 7.43. The van der Waals surface area contributed by atoms with E-state index in [4.69, 9.17) is 5.11 Å². The maximum absolute atomic E-state index is 10.4. The van der Waals surface area contributed by atoms with E-state index in [-0.39, 0.29) is 6.61 Å². The molecule has 6 N–H and O–H groups in total. The molecule has 1 aromatic heterocycles. The molecular weight excluding hydrogens is 414 g/mol. The summed E-state index contributed by atoms with van der Waals surface area (Å²) < 4.78 is 1.61. The predicted molar refractivity (Wildman–Crippen MR) is 119 cm³/mol. The zero-order chi connectivity index (χ0) is 23.8. The van der Waals surface area contributed by atoms with Gasteiger partial charge in [-0.05, 0) is 44.0 Å². The molecule has 1 heterocycles. The van der Waals surface area contributed by atoms with Gasteiger partial charge in [-0.15, -0.1) is 5.10 Å². The van der Waals surface area contributed by atoms with Crippen LogP contribution in [0.2, 0.25) is 0 Å². The van der Waals surface area contributed by atoms with Crippen LogP contribution in [-0.2, 0) is 0 Å². The maximum atomic E-state index is 10.4. The van der Waals surface area contributed by atoms with E-state index in [0.717, 1.165) is 11.3 Å². The fourth-order valence-corrected chi connectivity index (χ4v) is 3.12. The van der Waals surface area contributed by atoms with Crippen LogP contribution >= 0.6 is 0 Å². The molecule has 0 aliphatic rings. The van der Waals surface area contributed by atoms with Crippen LogP contribution in [0.15, 0.2) is 54.7 Å². The summed E-state index contributed by atoms with van der Waals surface area (Å²) in [6, 6.07) is 14.7. The normalized spacial score (nSPS) is 15.8. The van der Waals surface area contributed by atoms with Gasteiger partial charge in [0.25, 0.3) is 0 Å². The number of aliphatic hydroxyl groups excluding tert-OH is 6. The van der Waals surface area contributed by atoms with Gasteiger partial charge in [-0.2, -0.15) is 0 Å². The summed E-state index contributed by atoms with van der Waals surface area (Å²) in [7, 11) is 0. The smallest absolute Gasteiger partial charge is 0.113 e. The Kier molecular flexibility index (Phi) is 9.45. The van der Waals surface area contributed by atoms with Crippen molar-refractivity contribution in [1.29, 1.82) is 0 Å². The van der Waals surface area contributed by atoms with E-state index in [2.05, 4.69) is 10.3 Å². The molecule has 0 spiro atoms. The molecule has 2 aromatic carbocycles. The fraction of sp³-hybridized carbons (Fsp3) is 0.391. The van der Waals surface area contributed by atoms with Gasteiger partial charge >= 0.3 is 0 Å². The maximum Gasteiger partial charge on any atom is 0.113 e. The Morgan fingerprint density at radius 3 is 2.09 bits per heavy atom. The van der Waals surface area contributed by atoms with Gasteiger partial charge in [0.15, 0.2) is 0 Å². The first-order valence-corrected chi connectivity index (χ1v) is 10.3. The summed E-state index contributed by atoms with van der Waals surface area (Å²) in [5.74, 6) is 0. The molecule has 0 amide bonds. The first kappa shape index (κ1) is 25.6. The minimum absolute atomic E-state index is 0.250. The van der Waals surface area contributed by atoms with Crippen LogP contribution in [-0.4, -0.2) is 76.7 Å². The third-order valence-electron chi connectivity index (χ3n) is 4.92. The second kappa shape index (κ2) is 11.8. The Labute approximate surface area is 186 Å². The lowest BCUT2D eigenvalue weighted by molar-refractivity contribution is -0.131. The number of rotatable bonds is 7. The standard InChI is InChI=1S/C21H25N3O5.C2H6O/c1-12-10-15(24-11-17(22-23-24)14-6-4-3-5-7-14)8-9-16(12)19(27)21(29)20(28)18(26)13(2)25;1-2-3/h3-11,13,18-21,25-29H,1-2H3;3H,2H2,1H3. The number of nitrogens with zero attached hydrogens (tertiary/aromatic N) is 3. The van der Waals surface area contributed by atoms with Crippen molar-refractivity contribution < 1.29 is 30.6 Å². The van der Waals surface area contributed by atoms with E-state index < -0.39 is 30.5 Å². The molecule has 0 saturated heterocycles. The highest BCUT2D eigenvalue weighted by atomic mass is 16.4. The molecule has 32 heavy (non-hydrogen) atoms. The van der Waals surface area contributed by atoms with E-state index in [1.807, 2.05) is 30.3 Å². The molecule has 5 atom stereocenters. The summed E-state index contributed by atoms with van der Waals surface area (Å²) in [6.07, 6.45) is -5.85. The first-order chi connectivity index (χ1) is 15.2. The number of aromatic nitrogens is 3. The molecule has 0 fully saturated rings. The van der Waals surface area contributed by atoms with Crippen molar-refractivity contribution in [3.05, 3.63) is 65.9 Å². The molecule has 9 nitrogen and oxygen atoms in total. The summed E-state index contributed by atoms with van der Waals surface area (Å²) in [5, 5.41) is 65.6. The van der Waals surface area contributed by atoms with Gasteiger partial charge in [0.05, 0.1) is 18.0 Å². The molecule has 9 heteroatoms. The molecule has 3 aromatic rings. The first-order valence-electron chi connectivity index (χ1n) is 10.3. The number of aliphatic hydroxyl groups is 6. The Hall–Kier alpha value is -2.66. The highest BCUT2D eigenvalue weighted by molar-refractivity contribution is 5.58. The monoisotopic (exact) mass is 445 g/mol. The predicted octanol–water partition coefficient (Wildman–Crippen LogP) is 0.738. The van der Waals surface area contributed by atoms with E-state index in [1.165, 1.54) is 6.92 Å². The summed E-state index contributed by atoms with van der Waals surface area (Å²) in [4.78, 5) is 0. The van der Waals surface area contributed by atoms with Crippen molar-refractivity contribution in [3.8, 4) is 16.9 Å². The van der Waals surface area contributed by atoms with Crippen LogP contribution in [0.5, 0.6) is 0 Å². The molecule has 0 radical (unpaired) electrons. The van der Waals surface area contributed by atoms with E-state index in [0.29, 0.717) is 16.8 Å². The molecule has 0 aliphatic carbocycles. The highest BCUT2D eigenvalue weighted by Gasteiger charge is 2.34. The van der Waals surface area contributed by atoms with Gasteiger partial charge in [-0.1, -0.05) is 41.6 Å². The fourth-order valence-electron chi connectivity index (χ4n) is 3.12. The highest BCUT2D eigenvalue weighted by Crippen LogP contribution is 2.26. The molecule has 0 aliphatic heterocycles. The Bertz CT molecular complexity index is 963. The van der Waals surface area contributed by atoms with E-state index in [9.17, 15) is 25.5 Å². The van der Waals surface area contributed by atoms with E-state index in [1.54, 1.807) is 42.9 Å². The van der Waals surface area contributed by atoms with Gasteiger partial charge in [-0.3, -0.25) is 0 Å². The Balaban J connectivity index is 0.00000114. The Morgan fingerprint density at radius 1 is 0.906 bits per heavy atom. The number of benzene rings is 2. The molecule has 0 bridgehead atoms. The van der Waals surface area contributed by atoms with Gasteiger partial charge in [-0.25, -0.2) is 4.68 Å². The van der Waals surface area contributed by atoms with Crippen molar-refractivity contribution in [1.82, 2.24) is 15.0 Å².